The molecule has 0 aromatic heterocycles. The van der Waals surface area contributed by atoms with E-state index in [4.69, 9.17) is 10.5 Å². The van der Waals surface area contributed by atoms with Gasteiger partial charge in [0.1, 0.15) is 12.1 Å². The molecule has 0 bridgehead atoms. The predicted octanol–water partition coefficient (Wildman–Crippen LogP) is 4.29. The molecule has 4 aliphatic carbocycles. The average Bonchev–Trinajstić information content (AvgIpc) is 3.25. The highest BCUT2D eigenvalue weighted by Gasteiger charge is 2.85. The molecule has 2 aliphatic heterocycles. The molecule has 2 spiro atoms. The number of likely N-dealkylation sites (tertiary alicyclic amines) is 1. The fourth-order valence-corrected chi connectivity index (χ4v) is 11.5. The van der Waals surface area contributed by atoms with Gasteiger partial charge in [0.2, 0.25) is 17.6 Å². The Bertz CT molecular complexity index is 1400. The van der Waals surface area contributed by atoms with Gasteiger partial charge in [0.25, 0.3) is 5.91 Å². The lowest BCUT2D eigenvalue weighted by molar-refractivity contribution is -0.143. The highest BCUT2D eigenvalue weighted by molar-refractivity contribution is 6.37. The molecule has 0 aromatic rings. The molecule has 53 heavy (non-hydrogen) atoms. The Morgan fingerprint density at radius 1 is 0.849 bits per heavy atom. The minimum absolute atomic E-state index is 0.0612. The molecule has 4 unspecified atom stereocenters. The first kappa shape index (κ1) is 39.9. The number of urea groups is 1. The number of carbonyl (C=O) groups excluding carboxylic acids is 5. The molecule has 7 atom stereocenters. The zero-order valence-corrected chi connectivity index (χ0v) is 33.6. The summed E-state index contributed by atoms with van der Waals surface area (Å²) in [6.07, 6.45) is 12.9. The van der Waals surface area contributed by atoms with E-state index in [9.17, 15) is 24.0 Å². The Hall–Kier alpha value is -2.73. The van der Waals surface area contributed by atoms with Crippen LogP contribution in [-0.4, -0.2) is 102 Å². The summed E-state index contributed by atoms with van der Waals surface area (Å²) in [7, 11) is 0. The fraction of sp³-hybridized carbons (Fsp3) is 0.878. The molecule has 4 saturated carbocycles. The van der Waals surface area contributed by atoms with E-state index in [0.29, 0.717) is 25.3 Å². The molecule has 5 amide bonds. The third-order valence-electron chi connectivity index (χ3n) is 14.9. The van der Waals surface area contributed by atoms with Crippen molar-refractivity contribution in [3.05, 3.63) is 0 Å². The topological polar surface area (TPSA) is 163 Å². The largest absolute Gasteiger partial charge is 0.373 e. The van der Waals surface area contributed by atoms with Crippen molar-refractivity contribution >= 4 is 29.5 Å². The van der Waals surface area contributed by atoms with Gasteiger partial charge in [-0.25, -0.2) is 4.79 Å². The number of nitrogens with two attached hydrogens (primary N) is 1. The Labute approximate surface area is 317 Å². The van der Waals surface area contributed by atoms with Gasteiger partial charge in [0, 0.05) is 37.6 Å². The van der Waals surface area contributed by atoms with E-state index in [1.165, 1.54) is 6.42 Å². The van der Waals surface area contributed by atoms with E-state index in [0.717, 1.165) is 83.8 Å². The van der Waals surface area contributed by atoms with Crippen LogP contribution >= 0.6 is 0 Å². The summed E-state index contributed by atoms with van der Waals surface area (Å²) >= 11 is 0. The Balaban J connectivity index is 1.22. The maximum Gasteiger partial charge on any atom is 0.315 e. The molecular weight excluding hydrogens is 672 g/mol. The number of amides is 5. The maximum absolute atomic E-state index is 15.0. The second kappa shape index (κ2) is 15.1. The lowest BCUT2D eigenvalue weighted by Gasteiger charge is -2.40. The summed E-state index contributed by atoms with van der Waals surface area (Å²) in [5, 5.41) is 9.36. The Morgan fingerprint density at radius 3 is 2.00 bits per heavy atom. The molecule has 0 aromatic carbocycles. The van der Waals surface area contributed by atoms with Gasteiger partial charge in [-0.3, -0.25) is 24.1 Å². The number of rotatable bonds is 12. The second-order valence-corrected chi connectivity index (χ2v) is 19.5. The minimum Gasteiger partial charge on any atom is -0.373 e. The van der Waals surface area contributed by atoms with Crippen LogP contribution < -0.4 is 21.7 Å². The number of hydrogen-bond acceptors (Lipinski definition) is 7. The number of nitrogens with zero attached hydrogens (tertiary/aromatic N) is 2. The summed E-state index contributed by atoms with van der Waals surface area (Å²) in [6, 6.07) is -3.19. The summed E-state index contributed by atoms with van der Waals surface area (Å²) in [5.41, 5.74) is 4.54. The lowest BCUT2D eigenvalue weighted by atomic mass is 9.73. The fourth-order valence-electron chi connectivity index (χ4n) is 11.5. The van der Waals surface area contributed by atoms with E-state index in [-0.39, 0.29) is 52.4 Å². The number of nitrogens with one attached hydrogen (secondary N) is 3. The number of ketones is 1. The SMILES string of the molecule is C[C@@H]1CN(C[C@@H](NC(=O)NC(C(=O)N2CC3(CC2C(=O)NC(CC2CCC2)C(=O)C(N)=O)C(C)(C)C32CCC2)C(C)(C)C)C2CCCCC2)C[C@H](C)O1. The molecule has 12 heteroatoms. The van der Waals surface area contributed by atoms with Crippen molar-refractivity contribution in [3.63, 3.8) is 0 Å². The second-order valence-electron chi connectivity index (χ2n) is 19.5. The van der Waals surface area contributed by atoms with Crippen molar-refractivity contribution in [3.8, 4) is 0 Å². The number of carbonyl (C=O) groups is 5. The standard InChI is InChI=1S/C41H68N6O6/c1-25-21-46(22-26(2)53-25)23-30(28-15-9-8-10-16-28)44-37(52)45-33(38(3,4)5)36(51)47-24-41(39(6,7)40(41)17-12-18-40)20-31(47)35(50)43-29(32(48)34(42)49)19-27-13-11-14-27/h25-31,33H,8-24H2,1-7H3,(H2,42,49)(H,43,50)(H2,44,45,52)/t25-,26+,29?,30-,31?,33?,41?/m1/s1. The van der Waals surface area contributed by atoms with Gasteiger partial charge in [0.05, 0.1) is 18.2 Å². The first-order valence-corrected chi connectivity index (χ1v) is 20.8. The third kappa shape index (κ3) is 7.61. The molecule has 2 saturated heterocycles. The van der Waals surface area contributed by atoms with Crippen LogP contribution in [0.4, 0.5) is 4.79 Å². The highest BCUT2D eigenvalue weighted by atomic mass is 16.5. The normalized spacial score (nSPS) is 31.5. The van der Waals surface area contributed by atoms with Gasteiger partial charge in [0.15, 0.2) is 0 Å². The van der Waals surface area contributed by atoms with Crippen LogP contribution in [0.1, 0.15) is 132 Å². The number of Topliss-reactive ketones (excluding diaryl/α,β-unsaturated/α-hetero) is 1. The zero-order valence-electron chi connectivity index (χ0n) is 33.6. The molecule has 6 rings (SSSR count). The summed E-state index contributed by atoms with van der Waals surface area (Å²) in [6.45, 7) is 17.3. The smallest absolute Gasteiger partial charge is 0.315 e. The average molecular weight is 741 g/mol. The predicted molar refractivity (Wildman–Crippen MR) is 202 cm³/mol. The van der Waals surface area contributed by atoms with Crippen molar-refractivity contribution in [1.82, 2.24) is 25.8 Å². The van der Waals surface area contributed by atoms with Crippen LogP contribution in [0.2, 0.25) is 0 Å². The van der Waals surface area contributed by atoms with E-state index < -0.39 is 41.1 Å². The number of ether oxygens (including phenoxy) is 1. The monoisotopic (exact) mass is 741 g/mol. The minimum atomic E-state index is -1.06. The van der Waals surface area contributed by atoms with Gasteiger partial charge in [-0.05, 0) is 80.5 Å². The van der Waals surface area contributed by atoms with Crippen molar-refractivity contribution < 1.29 is 28.7 Å². The van der Waals surface area contributed by atoms with Crippen LogP contribution in [0.25, 0.3) is 0 Å². The molecule has 0 radical (unpaired) electrons. The number of fused-ring (bicyclic) bond motifs is 1. The first-order chi connectivity index (χ1) is 24.9. The molecule has 5 N–H and O–H groups in total. The first-order valence-electron chi connectivity index (χ1n) is 20.8. The van der Waals surface area contributed by atoms with E-state index >= 15 is 0 Å². The lowest BCUT2D eigenvalue weighted by Crippen LogP contribution is -2.62. The summed E-state index contributed by atoms with van der Waals surface area (Å²) in [4.78, 5) is 72.5. The van der Waals surface area contributed by atoms with Gasteiger partial charge < -0.3 is 31.3 Å². The van der Waals surface area contributed by atoms with Gasteiger partial charge in [-0.15, -0.1) is 0 Å². The number of primary amides is 1. The van der Waals surface area contributed by atoms with E-state index in [2.05, 4.69) is 48.5 Å². The van der Waals surface area contributed by atoms with E-state index in [1.807, 2.05) is 20.8 Å². The molecule has 12 nitrogen and oxygen atoms in total. The quantitative estimate of drug-likeness (QED) is 0.217. The molecule has 2 heterocycles. The number of morpholine rings is 1. The maximum atomic E-state index is 15.0. The van der Waals surface area contributed by atoms with Crippen LogP contribution in [0, 0.1) is 33.5 Å². The summed E-state index contributed by atoms with van der Waals surface area (Å²) < 4.78 is 5.99. The van der Waals surface area contributed by atoms with Crippen LogP contribution in [0.5, 0.6) is 0 Å². The van der Waals surface area contributed by atoms with Crippen molar-refractivity contribution in [2.75, 3.05) is 26.2 Å². The van der Waals surface area contributed by atoms with Crippen LogP contribution in [0.3, 0.4) is 0 Å². The Morgan fingerprint density at radius 2 is 1.49 bits per heavy atom. The van der Waals surface area contributed by atoms with E-state index in [1.54, 1.807) is 4.90 Å². The van der Waals surface area contributed by atoms with Crippen molar-refractivity contribution in [2.24, 2.45) is 39.2 Å². The highest BCUT2D eigenvalue weighted by Crippen LogP contribution is 2.88. The molecule has 6 aliphatic rings. The number of hydrogen-bond donors (Lipinski definition) is 4. The summed E-state index contributed by atoms with van der Waals surface area (Å²) in [5.74, 6) is -1.97. The Kier molecular flexibility index (Phi) is 11.4. The van der Waals surface area contributed by atoms with Crippen LogP contribution in [0.15, 0.2) is 0 Å². The van der Waals surface area contributed by atoms with Gasteiger partial charge in [-0.1, -0.05) is 79.6 Å². The van der Waals surface area contributed by atoms with Gasteiger partial charge in [-0.2, -0.15) is 0 Å². The zero-order chi connectivity index (χ0) is 38.5. The molecule has 298 valence electrons. The van der Waals surface area contributed by atoms with Crippen molar-refractivity contribution in [2.45, 2.75) is 168 Å². The third-order valence-corrected chi connectivity index (χ3v) is 14.9. The molecular formula is C41H68N6O6. The molecule has 6 fully saturated rings. The van der Waals surface area contributed by atoms with Gasteiger partial charge >= 0.3 is 6.03 Å². The van der Waals surface area contributed by atoms with Crippen molar-refractivity contribution in [1.29, 1.82) is 0 Å². The van der Waals surface area contributed by atoms with Crippen LogP contribution in [-0.2, 0) is 23.9 Å².